The Labute approximate surface area is 118 Å². The molecule has 0 bridgehead atoms. The largest absolute Gasteiger partial charge is 0.371 e. The number of benzene rings is 1. The van der Waals surface area contributed by atoms with E-state index in [1.54, 1.807) is 6.92 Å². The third-order valence-corrected chi connectivity index (χ3v) is 3.70. The first-order valence-electron chi connectivity index (χ1n) is 6.92. The van der Waals surface area contributed by atoms with Crippen LogP contribution in [0.25, 0.3) is 10.9 Å². The number of ketones is 1. The lowest BCUT2D eigenvalue weighted by Crippen LogP contribution is -2.28. The monoisotopic (exact) mass is 270 g/mol. The molecule has 1 aliphatic heterocycles. The fourth-order valence-corrected chi connectivity index (χ4v) is 2.53. The number of para-hydroxylation sites is 1. The van der Waals surface area contributed by atoms with Crippen LogP contribution in [0.1, 0.15) is 19.0 Å². The van der Waals surface area contributed by atoms with Gasteiger partial charge in [0, 0.05) is 11.9 Å². The molecule has 1 saturated heterocycles. The average Bonchev–Trinajstić information content (AvgIpc) is 2.94. The van der Waals surface area contributed by atoms with Crippen LogP contribution in [0.4, 0.5) is 0 Å². The van der Waals surface area contributed by atoms with Crippen molar-refractivity contribution in [2.45, 2.75) is 32.1 Å². The summed E-state index contributed by atoms with van der Waals surface area (Å²) in [5.74, 6) is 0.180. The van der Waals surface area contributed by atoms with Crippen molar-refractivity contribution in [2.75, 3.05) is 6.54 Å². The maximum atomic E-state index is 11.3. The number of nitrogens with one attached hydrogen (secondary N) is 1. The van der Waals surface area contributed by atoms with E-state index in [-0.39, 0.29) is 17.9 Å². The number of aromatic nitrogens is 1. The highest BCUT2D eigenvalue weighted by atomic mass is 16.5. The van der Waals surface area contributed by atoms with Gasteiger partial charge in [0.25, 0.3) is 0 Å². The number of nitrogens with zero attached hydrogens (tertiary/aromatic N) is 1. The van der Waals surface area contributed by atoms with E-state index < -0.39 is 0 Å². The number of fused-ring (bicyclic) bond motifs is 1. The molecule has 1 aliphatic rings. The molecule has 1 fully saturated rings. The molecule has 2 atom stereocenters. The lowest BCUT2D eigenvalue weighted by atomic mass is 10.1. The van der Waals surface area contributed by atoms with Gasteiger partial charge in [0.15, 0.2) is 0 Å². The van der Waals surface area contributed by atoms with Crippen LogP contribution in [0, 0.1) is 0 Å². The molecule has 1 unspecified atom stereocenters. The molecule has 0 spiro atoms. The minimum absolute atomic E-state index is 0.0513. The van der Waals surface area contributed by atoms with Crippen LogP contribution in [0.5, 0.6) is 0 Å². The van der Waals surface area contributed by atoms with Gasteiger partial charge in [0.2, 0.25) is 0 Å². The highest BCUT2D eigenvalue weighted by Crippen LogP contribution is 2.15. The SMILES string of the molecule is CC(=O)[C@@H]1CC(OCc2ccc3ccccc3n2)CN1. The van der Waals surface area contributed by atoms with Crippen LogP contribution < -0.4 is 5.32 Å². The Balaban J connectivity index is 1.61. The molecule has 4 nitrogen and oxygen atoms in total. The molecular weight excluding hydrogens is 252 g/mol. The second-order valence-corrected chi connectivity index (χ2v) is 5.24. The first-order chi connectivity index (χ1) is 9.72. The Morgan fingerprint density at radius 1 is 1.35 bits per heavy atom. The Bertz CT molecular complexity index is 627. The number of hydrogen-bond acceptors (Lipinski definition) is 4. The first kappa shape index (κ1) is 13.2. The minimum atomic E-state index is -0.0513. The molecule has 3 rings (SSSR count). The van der Waals surface area contributed by atoms with Crippen molar-refractivity contribution in [3.8, 4) is 0 Å². The molecule has 0 aliphatic carbocycles. The van der Waals surface area contributed by atoms with Crippen molar-refractivity contribution in [3.63, 3.8) is 0 Å². The van der Waals surface area contributed by atoms with Gasteiger partial charge < -0.3 is 10.1 Å². The van der Waals surface area contributed by atoms with Gasteiger partial charge in [-0.25, -0.2) is 0 Å². The van der Waals surface area contributed by atoms with E-state index in [1.165, 1.54) is 0 Å². The lowest BCUT2D eigenvalue weighted by molar-refractivity contribution is -0.118. The van der Waals surface area contributed by atoms with Crippen molar-refractivity contribution < 1.29 is 9.53 Å². The van der Waals surface area contributed by atoms with Gasteiger partial charge in [-0.1, -0.05) is 24.3 Å². The Hall–Kier alpha value is -1.78. The molecule has 2 aromatic rings. The highest BCUT2D eigenvalue weighted by molar-refractivity contribution is 5.81. The smallest absolute Gasteiger partial charge is 0.146 e. The normalized spacial score (nSPS) is 22.2. The second kappa shape index (κ2) is 5.69. The van der Waals surface area contributed by atoms with Crippen LogP contribution in [0.2, 0.25) is 0 Å². The Kier molecular flexibility index (Phi) is 3.76. The molecule has 0 radical (unpaired) electrons. The molecule has 0 amide bonds. The van der Waals surface area contributed by atoms with Crippen LogP contribution >= 0.6 is 0 Å². The van der Waals surface area contributed by atoms with E-state index in [2.05, 4.69) is 16.4 Å². The predicted octanol–water partition coefficient (Wildman–Crippen LogP) is 2.07. The molecular formula is C16H18N2O2. The number of rotatable bonds is 4. The van der Waals surface area contributed by atoms with Crippen molar-refractivity contribution in [2.24, 2.45) is 0 Å². The van der Waals surface area contributed by atoms with E-state index in [0.717, 1.165) is 29.6 Å². The summed E-state index contributed by atoms with van der Waals surface area (Å²) in [5, 5.41) is 4.31. The summed E-state index contributed by atoms with van der Waals surface area (Å²) < 4.78 is 5.84. The van der Waals surface area contributed by atoms with Crippen LogP contribution in [0.3, 0.4) is 0 Å². The Morgan fingerprint density at radius 2 is 2.20 bits per heavy atom. The van der Waals surface area contributed by atoms with E-state index in [1.807, 2.05) is 30.3 Å². The predicted molar refractivity (Wildman–Crippen MR) is 77.4 cm³/mol. The van der Waals surface area contributed by atoms with E-state index >= 15 is 0 Å². The first-order valence-corrected chi connectivity index (χ1v) is 6.92. The van der Waals surface area contributed by atoms with Crippen LogP contribution in [0.15, 0.2) is 36.4 Å². The number of carbonyl (C=O) groups is 1. The minimum Gasteiger partial charge on any atom is -0.371 e. The maximum Gasteiger partial charge on any atom is 0.146 e. The lowest BCUT2D eigenvalue weighted by Gasteiger charge is -2.10. The van der Waals surface area contributed by atoms with Crippen LogP contribution in [-0.2, 0) is 16.1 Å². The summed E-state index contributed by atoms with van der Waals surface area (Å²) in [6, 6.07) is 12.0. The summed E-state index contributed by atoms with van der Waals surface area (Å²) in [5.41, 5.74) is 1.91. The third-order valence-electron chi connectivity index (χ3n) is 3.70. The van der Waals surface area contributed by atoms with Gasteiger partial charge in [-0.15, -0.1) is 0 Å². The zero-order chi connectivity index (χ0) is 13.9. The fourth-order valence-electron chi connectivity index (χ4n) is 2.53. The van der Waals surface area contributed by atoms with E-state index in [9.17, 15) is 4.79 Å². The topological polar surface area (TPSA) is 51.2 Å². The van der Waals surface area contributed by atoms with Gasteiger partial charge in [0.05, 0.1) is 30.0 Å². The molecule has 1 aromatic carbocycles. The number of carbonyl (C=O) groups excluding carboxylic acids is 1. The summed E-state index contributed by atoms with van der Waals surface area (Å²) in [4.78, 5) is 15.9. The summed E-state index contributed by atoms with van der Waals surface area (Å²) in [6.07, 6.45) is 0.847. The number of pyridine rings is 1. The highest BCUT2D eigenvalue weighted by Gasteiger charge is 2.27. The van der Waals surface area contributed by atoms with Gasteiger partial charge in [-0.05, 0) is 25.5 Å². The molecule has 0 saturated carbocycles. The van der Waals surface area contributed by atoms with Crippen molar-refractivity contribution in [1.82, 2.24) is 10.3 Å². The van der Waals surface area contributed by atoms with Crippen molar-refractivity contribution >= 4 is 16.7 Å². The van der Waals surface area contributed by atoms with Crippen molar-refractivity contribution in [3.05, 3.63) is 42.1 Å². The number of Topliss-reactive ketones (excluding diaryl/α,β-unsaturated/α-hetero) is 1. The third kappa shape index (κ3) is 2.86. The zero-order valence-electron chi connectivity index (χ0n) is 11.5. The number of hydrogen-bond donors (Lipinski definition) is 1. The van der Waals surface area contributed by atoms with E-state index in [0.29, 0.717) is 6.61 Å². The van der Waals surface area contributed by atoms with Crippen molar-refractivity contribution in [1.29, 1.82) is 0 Å². The summed E-state index contributed by atoms with van der Waals surface area (Å²) >= 11 is 0. The quantitative estimate of drug-likeness (QED) is 0.924. The molecule has 4 heteroatoms. The number of ether oxygens (including phenoxy) is 1. The standard InChI is InChI=1S/C16H18N2O2/c1-11(19)16-8-14(9-17-16)20-10-13-7-6-12-4-2-3-5-15(12)18-13/h2-7,14,16-17H,8-10H2,1H3/t14?,16-/m0/s1. The van der Waals surface area contributed by atoms with Gasteiger partial charge >= 0.3 is 0 Å². The fraction of sp³-hybridized carbons (Fsp3) is 0.375. The van der Waals surface area contributed by atoms with Gasteiger partial charge in [0.1, 0.15) is 5.78 Å². The van der Waals surface area contributed by atoms with Gasteiger partial charge in [-0.3, -0.25) is 9.78 Å². The van der Waals surface area contributed by atoms with Gasteiger partial charge in [-0.2, -0.15) is 0 Å². The molecule has 104 valence electrons. The maximum absolute atomic E-state index is 11.3. The Morgan fingerprint density at radius 3 is 3.00 bits per heavy atom. The van der Waals surface area contributed by atoms with Crippen LogP contribution in [-0.4, -0.2) is 29.5 Å². The summed E-state index contributed by atoms with van der Waals surface area (Å²) in [6.45, 7) is 2.84. The molecule has 2 heterocycles. The summed E-state index contributed by atoms with van der Waals surface area (Å²) in [7, 11) is 0. The molecule has 1 aromatic heterocycles. The zero-order valence-corrected chi connectivity index (χ0v) is 11.5. The van der Waals surface area contributed by atoms with E-state index in [4.69, 9.17) is 4.74 Å². The second-order valence-electron chi connectivity index (χ2n) is 5.24. The average molecular weight is 270 g/mol. The molecule has 20 heavy (non-hydrogen) atoms. The molecule has 1 N–H and O–H groups in total.